The van der Waals surface area contributed by atoms with Crippen LogP contribution in [-0.2, 0) is 4.79 Å². The van der Waals surface area contributed by atoms with E-state index in [4.69, 9.17) is 0 Å². The van der Waals surface area contributed by atoms with Gasteiger partial charge in [-0.3, -0.25) is 4.79 Å². The molecule has 0 spiro atoms. The average molecular weight is 194 g/mol. The molecule has 0 aromatic rings. The van der Waals surface area contributed by atoms with Crippen LogP contribution in [0.5, 0.6) is 0 Å². The molecule has 1 N–H and O–H groups in total. The molecule has 3 nitrogen and oxygen atoms in total. The summed E-state index contributed by atoms with van der Waals surface area (Å²) < 4.78 is 0. The van der Waals surface area contributed by atoms with Crippen molar-refractivity contribution in [3.63, 3.8) is 0 Å². The molecule has 0 aromatic heterocycles. The van der Waals surface area contributed by atoms with Crippen LogP contribution in [0.25, 0.3) is 0 Å². The van der Waals surface area contributed by atoms with Crippen molar-refractivity contribution < 1.29 is 4.79 Å². The van der Waals surface area contributed by atoms with Crippen molar-refractivity contribution in [2.45, 2.75) is 37.8 Å². The van der Waals surface area contributed by atoms with E-state index in [1.807, 2.05) is 4.90 Å². The van der Waals surface area contributed by atoms with Crippen molar-refractivity contribution in [3.05, 3.63) is 12.2 Å². The van der Waals surface area contributed by atoms with Crippen molar-refractivity contribution in [1.82, 2.24) is 10.2 Å². The summed E-state index contributed by atoms with van der Waals surface area (Å²) in [6.07, 6.45) is 10.0. The van der Waals surface area contributed by atoms with Gasteiger partial charge in [-0.2, -0.15) is 0 Å². The van der Waals surface area contributed by atoms with E-state index in [1.54, 1.807) is 0 Å². The third-order valence-corrected chi connectivity index (χ3v) is 3.16. The van der Waals surface area contributed by atoms with Crippen molar-refractivity contribution in [2.24, 2.45) is 0 Å². The molecular formula is C11H18N2O. The number of nitrogens with zero attached hydrogens (tertiary/aromatic N) is 1. The molecule has 1 fully saturated rings. The number of amides is 1. The van der Waals surface area contributed by atoms with E-state index < -0.39 is 0 Å². The van der Waals surface area contributed by atoms with Gasteiger partial charge >= 0.3 is 0 Å². The lowest BCUT2D eigenvalue weighted by Gasteiger charge is -2.31. The van der Waals surface area contributed by atoms with Gasteiger partial charge in [0.25, 0.3) is 0 Å². The van der Waals surface area contributed by atoms with Gasteiger partial charge in [0.05, 0.1) is 0 Å². The Bertz CT molecular complexity index is 211. The number of hydrogen-bond acceptors (Lipinski definition) is 2. The summed E-state index contributed by atoms with van der Waals surface area (Å²) in [5.41, 5.74) is 0. The van der Waals surface area contributed by atoms with E-state index >= 15 is 0 Å². The number of nitrogens with one attached hydrogen (secondary N) is 1. The Labute approximate surface area is 85.2 Å². The highest BCUT2D eigenvalue weighted by Gasteiger charge is 2.20. The molecule has 0 saturated carbocycles. The quantitative estimate of drug-likeness (QED) is 0.535. The van der Waals surface area contributed by atoms with Crippen LogP contribution in [-0.4, -0.2) is 36.5 Å². The third-order valence-electron chi connectivity index (χ3n) is 3.16. The molecule has 1 amide bonds. The van der Waals surface area contributed by atoms with Gasteiger partial charge in [0.1, 0.15) is 0 Å². The van der Waals surface area contributed by atoms with Gasteiger partial charge in [0.2, 0.25) is 6.41 Å². The highest BCUT2D eigenvalue weighted by molar-refractivity contribution is 5.47. The van der Waals surface area contributed by atoms with E-state index in [2.05, 4.69) is 17.5 Å². The van der Waals surface area contributed by atoms with Crippen LogP contribution in [0, 0.1) is 0 Å². The average Bonchev–Trinajstić information content (AvgIpc) is 2.72. The van der Waals surface area contributed by atoms with E-state index in [0.29, 0.717) is 12.1 Å². The van der Waals surface area contributed by atoms with E-state index in [0.717, 1.165) is 32.3 Å². The molecule has 3 heteroatoms. The summed E-state index contributed by atoms with van der Waals surface area (Å²) in [6, 6.07) is 1.28. The molecule has 14 heavy (non-hydrogen) atoms. The summed E-state index contributed by atoms with van der Waals surface area (Å²) in [7, 11) is 0. The predicted octanol–water partition coefficient (Wildman–Crippen LogP) is 0.915. The first-order valence-corrected chi connectivity index (χ1v) is 5.49. The molecule has 1 heterocycles. The van der Waals surface area contributed by atoms with Gasteiger partial charge in [-0.05, 0) is 25.7 Å². The summed E-state index contributed by atoms with van der Waals surface area (Å²) >= 11 is 0. The van der Waals surface area contributed by atoms with Gasteiger partial charge in [0.15, 0.2) is 0 Å². The molecule has 1 saturated heterocycles. The Morgan fingerprint density at radius 2 is 1.79 bits per heavy atom. The van der Waals surface area contributed by atoms with E-state index in [9.17, 15) is 4.79 Å². The number of hydrogen-bond donors (Lipinski definition) is 1. The number of rotatable bonds is 3. The summed E-state index contributed by atoms with van der Waals surface area (Å²) in [5.74, 6) is 0. The van der Waals surface area contributed by atoms with Crippen molar-refractivity contribution in [1.29, 1.82) is 0 Å². The zero-order valence-electron chi connectivity index (χ0n) is 8.48. The molecule has 0 unspecified atom stereocenters. The first kappa shape index (κ1) is 9.71. The summed E-state index contributed by atoms with van der Waals surface area (Å²) in [5, 5.41) is 3.66. The minimum absolute atomic E-state index is 0.621. The van der Waals surface area contributed by atoms with Crippen LogP contribution in [0.2, 0.25) is 0 Å². The Balaban J connectivity index is 1.70. The molecule has 78 valence electrons. The lowest BCUT2D eigenvalue weighted by molar-refractivity contribution is -0.119. The molecule has 2 aliphatic rings. The molecule has 1 aliphatic carbocycles. The fourth-order valence-electron chi connectivity index (χ4n) is 2.26. The van der Waals surface area contributed by atoms with Gasteiger partial charge in [-0.1, -0.05) is 12.2 Å². The Kier molecular flexibility index (Phi) is 3.19. The maximum absolute atomic E-state index is 10.5. The maximum Gasteiger partial charge on any atom is 0.209 e. The smallest absolute Gasteiger partial charge is 0.209 e. The Morgan fingerprint density at radius 3 is 2.36 bits per heavy atom. The summed E-state index contributed by atoms with van der Waals surface area (Å²) in [4.78, 5) is 12.4. The number of carbonyl (C=O) groups is 1. The topological polar surface area (TPSA) is 32.3 Å². The first-order valence-electron chi connectivity index (χ1n) is 5.49. The van der Waals surface area contributed by atoms with Gasteiger partial charge < -0.3 is 10.2 Å². The molecule has 0 radical (unpaired) electrons. The van der Waals surface area contributed by atoms with Gasteiger partial charge in [-0.25, -0.2) is 0 Å². The highest BCUT2D eigenvalue weighted by Crippen LogP contribution is 2.14. The van der Waals surface area contributed by atoms with E-state index in [-0.39, 0.29) is 0 Å². The van der Waals surface area contributed by atoms with Crippen LogP contribution in [0.1, 0.15) is 25.7 Å². The SMILES string of the molecule is O=CN1CCC(NC2CC=CC2)CC1. The fraction of sp³-hybridized carbons (Fsp3) is 0.727. The van der Waals surface area contributed by atoms with Crippen LogP contribution in [0.3, 0.4) is 0 Å². The second-order valence-corrected chi connectivity index (χ2v) is 4.22. The van der Waals surface area contributed by atoms with Crippen molar-refractivity contribution in [3.8, 4) is 0 Å². The number of carbonyl (C=O) groups excluding carboxylic acids is 1. The zero-order chi connectivity index (χ0) is 9.80. The maximum atomic E-state index is 10.5. The van der Waals surface area contributed by atoms with Gasteiger partial charge in [-0.15, -0.1) is 0 Å². The van der Waals surface area contributed by atoms with Crippen LogP contribution >= 0.6 is 0 Å². The monoisotopic (exact) mass is 194 g/mol. The molecule has 0 bridgehead atoms. The second kappa shape index (κ2) is 4.60. The van der Waals surface area contributed by atoms with Crippen molar-refractivity contribution >= 4 is 6.41 Å². The largest absolute Gasteiger partial charge is 0.345 e. The fourth-order valence-corrected chi connectivity index (χ4v) is 2.26. The van der Waals surface area contributed by atoms with Crippen LogP contribution in [0.15, 0.2) is 12.2 Å². The lowest BCUT2D eigenvalue weighted by atomic mass is 10.0. The summed E-state index contributed by atoms with van der Waals surface area (Å²) in [6.45, 7) is 1.84. The van der Waals surface area contributed by atoms with Crippen LogP contribution in [0.4, 0.5) is 0 Å². The highest BCUT2D eigenvalue weighted by atomic mass is 16.1. The van der Waals surface area contributed by atoms with Crippen molar-refractivity contribution in [2.75, 3.05) is 13.1 Å². The minimum Gasteiger partial charge on any atom is -0.345 e. The zero-order valence-corrected chi connectivity index (χ0v) is 8.48. The second-order valence-electron chi connectivity index (χ2n) is 4.22. The molecular weight excluding hydrogens is 176 g/mol. The molecule has 2 rings (SSSR count). The Hall–Kier alpha value is -0.830. The normalized spacial score (nSPS) is 24.4. The van der Waals surface area contributed by atoms with E-state index in [1.165, 1.54) is 12.8 Å². The molecule has 0 atom stereocenters. The standard InChI is InChI=1S/C11H18N2O/c14-9-13-7-5-11(6-8-13)12-10-3-1-2-4-10/h1-2,9-12H,3-8H2. The molecule has 0 aromatic carbocycles. The lowest BCUT2D eigenvalue weighted by Crippen LogP contribution is -2.45. The third kappa shape index (κ3) is 2.35. The Morgan fingerprint density at radius 1 is 1.14 bits per heavy atom. The number of piperidine rings is 1. The number of likely N-dealkylation sites (tertiary alicyclic amines) is 1. The molecule has 1 aliphatic heterocycles. The predicted molar refractivity (Wildman–Crippen MR) is 56.0 cm³/mol. The first-order chi connectivity index (χ1) is 6.88. The minimum atomic E-state index is 0.621. The van der Waals surface area contributed by atoms with Gasteiger partial charge in [0, 0.05) is 25.2 Å². The van der Waals surface area contributed by atoms with Crippen LogP contribution < -0.4 is 5.32 Å².